The van der Waals surface area contributed by atoms with E-state index in [4.69, 9.17) is 0 Å². The number of hydrogen-bond donors (Lipinski definition) is 1. The molecule has 1 fully saturated rings. The Morgan fingerprint density at radius 1 is 1.14 bits per heavy atom. The number of benzene rings is 1. The van der Waals surface area contributed by atoms with Gasteiger partial charge in [0.05, 0.1) is 5.56 Å². The van der Waals surface area contributed by atoms with E-state index in [1.807, 2.05) is 26.0 Å². The van der Waals surface area contributed by atoms with Gasteiger partial charge in [-0.1, -0.05) is 12.1 Å². The number of nitrogens with one attached hydrogen (secondary N) is 1. The standard InChI is InChI=1S/C20H23FN6O/c1-13(2)22-20(28)14-9-11-26(12-10-14)18-8-7-17-23-24-19(27(17)25-18)15-5-3-4-6-16(15)21/h3-8,13-14H,9-12H2,1-2H3,(H,22,28). The van der Waals surface area contributed by atoms with E-state index < -0.39 is 0 Å². The van der Waals surface area contributed by atoms with Crippen molar-refractivity contribution >= 4 is 17.4 Å². The second-order valence-electron chi connectivity index (χ2n) is 7.39. The lowest BCUT2D eigenvalue weighted by Gasteiger charge is -2.32. The second kappa shape index (κ2) is 7.53. The van der Waals surface area contributed by atoms with Gasteiger partial charge in [-0.15, -0.1) is 15.3 Å². The quantitative estimate of drug-likeness (QED) is 0.751. The Morgan fingerprint density at radius 3 is 2.61 bits per heavy atom. The van der Waals surface area contributed by atoms with Crippen LogP contribution in [0.15, 0.2) is 36.4 Å². The van der Waals surface area contributed by atoms with Crippen molar-refractivity contribution in [3.63, 3.8) is 0 Å². The van der Waals surface area contributed by atoms with Crippen LogP contribution in [-0.2, 0) is 4.79 Å². The van der Waals surface area contributed by atoms with Crippen molar-refractivity contribution in [2.45, 2.75) is 32.7 Å². The Balaban J connectivity index is 1.55. The molecule has 0 spiro atoms. The monoisotopic (exact) mass is 382 g/mol. The maximum Gasteiger partial charge on any atom is 0.223 e. The highest BCUT2D eigenvalue weighted by molar-refractivity contribution is 5.79. The van der Waals surface area contributed by atoms with Gasteiger partial charge in [0.2, 0.25) is 5.91 Å². The molecule has 2 aromatic heterocycles. The minimum Gasteiger partial charge on any atom is -0.355 e. The van der Waals surface area contributed by atoms with Gasteiger partial charge in [0.15, 0.2) is 11.5 Å². The zero-order chi connectivity index (χ0) is 19.7. The summed E-state index contributed by atoms with van der Waals surface area (Å²) in [6.07, 6.45) is 1.56. The number of rotatable bonds is 4. The molecule has 0 radical (unpaired) electrons. The van der Waals surface area contributed by atoms with Gasteiger partial charge < -0.3 is 10.2 Å². The summed E-state index contributed by atoms with van der Waals surface area (Å²) in [4.78, 5) is 14.4. The molecule has 1 N–H and O–H groups in total. The van der Waals surface area contributed by atoms with E-state index in [1.54, 1.807) is 22.7 Å². The third kappa shape index (κ3) is 3.54. The van der Waals surface area contributed by atoms with Crippen molar-refractivity contribution in [1.82, 2.24) is 25.1 Å². The zero-order valence-electron chi connectivity index (χ0n) is 16.0. The lowest BCUT2D eigenvalue weighted by atomic mass is 9.95. The summed E-state index contributed by atoms with van der Waals surface area (Å²) in [5.74, 6) is 0.944. The smallest absolute Gasteiger partial charge is 0.223 e. The third-order valence-electron chi connectivity index (χ3n) is 4.98. The number of carbonyl (C=O) groups is 1. The molecule has 28 heavy (non-hydrogen) atoms. The van der Waals surface area contributed by atoms with E-state index in [9.17, 15) is 9.18 Å². The third-order valence-corrected chi connectivity index (χ3v) is 4.98. The summed E-state index contributed by atoms with van der Waals surface area (Å²) in [6, 6.07) is 10.3. The molecule has 1 amide bonds. The molecule has 0 unspecified atom stereocenters. The zero-order valence-corrected chi connectivity index (χ0v) is 16.0. The predicted octanol–water partition coefficient (Wildman–Crippen LogP) is 2.67. The average molecular weight is 382 g/mol. The summed E-state index contributed by atoms with van der Waals surface area (Å²) < 4.78 is 15.8. The molecular weight excluding hydrogens is 359 g/mol. The van der Waals surface area contributed by atoms with Crippen molar-refractivity contribution in [3.8, 4) is 11.4 Å². The first-order chi connectivity index (χ1) is 13.5. The summed E-state index contributed by atoms with van der Waals surface area (Å²) in [5.41, 5.74) is 0.928. The van der Waals surface area contributed by atoms with Crippen LogP contribution in [0, 0.1) is 11.7 Å². The summed E-state index contributed by atoms with van der Waals surface area (Å²) >= 11 is 0. The number of halogens is 1. The fourth-order valence-electron chi connectivity index (χ4n) is 3.53. The predicted molar refractivity (Wildman–Crippen MR) is 104 cm³/mol. The highest BCUT2D eigenvalue weighted by Crippen LogP contribution is 2.25. The van der Waals surface area contributed by atoms with Crippen LogP contribution in [0.1, 0.15) is 26.7 Å². The van der Waals surface area contributed by atoms with Gasteiger partial charge in [0.1, 0.15) is 11.6 Å². The maximum absolute atomic E-state index is 14.2. The molecular formula is C20H23FN6O. The van der Waals surface area contributed by atoms with E-state index in [0.29, 0.717) is 17.0 Å². The van der Waals surface area contributed by atoms with Crippen molar-refractivity contribution in [1.29, 1.82) is 0 Å². The van der Waals surface area contributed by atoms with Crippen molar-refractivity contribution < 1.29 is 9.18 Å². The van der Waals surface area contributed by atoms with Crippen molar-refractivity contribution in [3.05, 3.63) is 42.2 Å². The van der Waals surface area contributed by atoms with E-state index in [-0.39, 0.29) is 23.7 Å². The van der Waals surface area contributed by atoms with Crippen LogP contribution in [-0.4, -0.2) is 44.8 Å². The number of carbonyl (C=O) groups excluding carboxylic acids is 1. The first-order valence-corrected chi connectivity index (χ1v) is 9.55. The molecule has 4 rings (SSSR count). The summed E-state index contributed by atoms with van der Waals surface area (Å²) in [6.45, 7) is 5.43. The van der Waals surface area contributed by atoms with Gasteiger partial charge in [0.25, 0.3) is 0 Å². The number of aromatic nitrogens is 4. The topological polar surface area (TPSA) is 75.4 Å². The Bertz CT molecular complexity index is 993. The van der Waals surface area contributed by atoms with Gasteiger partial charge in [-0.2, -0.15) is 4.52 Å². The molecule has 1 saturated heterocycles. The van der Waals surface area contributed by atoms with Crippen LogP contribution in [0.4, 0.5) is 10.2 Å². The Hall–Kier alpha value is -3.03. The van der Waals surface area contributed by atoms with Crippen molar-refractivity contribution in [2.75, 3.05) is 18.0 Å². The molecule has 1 aliphatic rings. The molecule has 0 bridgehead atoms. The van der Waals surface area contributed by atoms with E-state index in [1.165, 1.54) is 6.07 Å². The van der Waals surface area contributed by atoms with Crippen LogP contribution < -0.4 is 10.2 Å². The molecule has 3 aromatic rings. The molecule has 3 heterocycles. The molecule has 1 aliphatic heterocycles. The number of amides is 1. The lowest BCUT2D eigenvalue weighted by Crippen LogP contribution is -2.42. The molecule has 1 aromatic carbocycles. The van der Waals surface area contributed by atoms with Gasteiger partial charge in [-0.3, -0.25) is 4.79 Å². The number of fused-ring (bicyclic) bond motifs is 1. The SMILES string of the molecule is CC(C)NC(=O)C1CCN(c2ccc3nnc(-c4ccccc4F)n3n2)CC1. The van der Waals surface area contributed by atoms with Crippen LogP contribution in [0.25, 0.3) is 17.0 Å². The number of piperidine rings is 1. The van der Waals surface area contributed by atoms with E-state index in [2.05, 4.69) is 25.5 Å². The molecule has 0 atom stereocenters. The summed E-state index contributed by atoms with van der Waals surface area (Å²) in [7, 11) is 0. The second-order valence-corrected chi connectivity index (χ2v) is 7.39. The minimum absolute atomic E-state index is 0.0336. The Morgan fingerprint density at radius 2 is 1.89 bits per heavy atom. The first kappa shape index (κ1) is 18.3. The lowest BCUT2D eigenvalue weighted by molar-refractivity contribution is -0.126. The number of nitrogens with zero attached hydrogens (tertiary/aromatic N) is 5. The minimum atomic E-state index is -0.360. The van der Waals surface area contributed by atoms with E-state index >= 15 is 0 Å². The normalized spacial score (nSPS) is 15.4. The molecule has 7 nitrogen and oxygen atoms in total. The fourth-order valence-corrected chi connectivity index (χ4v) is 3.53. The highest BCUT2D eigenvalue weighted by atomic mass is 19.1. The number of anilines is 1. The van der Waals surface area contributed by atoms with Crippen LogP contribution in [0.5, 0.6) is 0 Å². The summed E-state index contributed by atoms with van der Waals surface area (Å²) in [5, 5.41) is 15.8. The Labute approximate surface area is 162 Å². The molecule has 0 saturated carbocycles. The molecule has 8 heteroatoms. The van der Waals surface area contributed by atoms with Crippen LogP contribution >= 0.6 is 0 Å². The Kier molecular flexibility index (Phi) is 4.93. The average Bonchev–Trinajstić information content (AvgIpc) is 3.11. The largest absolute Gasteiger partial charge is 0.355 e. The van der Waals surface area contributed by atoms with Gasteiger partial charge in [-0.25, -0.2) is 4.39 Å². The van der Waals surface area contributed by atoms with E-state index in [0.717, 1.165) is 31.7 Å². The van der Waals surface area contributed by atoms with Crippen molar-refractivity contribution in [2.24, 2.45) is 5.92 Å². The molecule has 0 aliphatic carbocycles. The van der Waals surface area contributed by atoms with Gasteiger partial charge >= 0.3 is 0 Å². The van der Waals surface area contributed by atoms with Crippen LogP contribution in [0.2, 0.25) is 0 Å². The maximum atomic E-state index is 14.2. The van der Waals surface area contributed by atoms with Gasteiger partial charge in [-0.05, 0) is 51.0 Å². The molecule has 146 valence electrons. The van der Waals surface area contributed by atoms with Crippen LogP contribution in [0.3, 0.4) is 0 Å². The first-order valence-electron chi connectivity index (χ1n) is 9.55. The number of hydrogen-bond acceptors (Lipinski definition) is 5. The van der Waals surface area contributed by atoms with Gasteiger partial charge in [0, 0.05) is 25.0 Å². The highest BCUT2D eigenvalue weighted by Gasteiger charge is 2.26. The fraction of sp³-hybridized carbons (Fsp3) is 0.400.